The monoisotopic (exact) mass is 255 g/mol. The summed E-state index contributed by atoms with van der Waals surface area (Å²) in [6.07, 6.45) is 0.848. The number of nitrogens with zero attached hydrogens (tertiary/aromatic N) is 1. The van der Waals surface area contributed by atoms with Crippen LogP contribution in [0.2, 0.25) is 0 Å². The first-order valence-corrected chi connectivity index (χ1v) is 6.28. The van der Waals surface area contributed by atoms with Gasteiger partial charge in [0.25, 0.3) is 5.56 Å². The number of hydrogen-bond acceptors (Lipinski definition) is 2. The number of hydrogen-bond donors (Lipinski definition) is 2. The van der Waals surface area contributed by atoms with Crippen molar-refractivity contribution in [1.29, 1.82) is 5.41 Å². The molecule has 0 aliphatic rings. The Bertz CT molecular complexity index is 644. The van der Waals surface area contributed by atoms with Crippen LogP contribution in [0.3, 0.4) is 0 Å². The summed E-state index contributed by atoms with van der Waals surface area (Å²) in [6, 6.07) is 13.2. The summed E-state index contributed by atoms with van der Waals surface area (Å²) < 4.78 is 1.69. The normalized spacial score (nSPS) is 10.4. The fraction of sp³-hybridized carbons (Fsp3) is 0.200. The molecule has 2 rings (SSSR count). The van der Waals surface area contributed by atoms with Crippen molar-refractivity contribution in [2.45, 2.75) is 19.9 Å². The van der Waals surface area contributed by atoms with E-state index in [0.717, 1.165) is 17.7 Å². The SMILES string of the molecule is CCCn1c(-c2ccccc2)ccc(C(=N)N)c1=O. The zero-order valence-electron chi connectivity index (χ0n) is 10.9. The fourth-order valence-corrected chi connectivity index (χ4v) is 2.09. The van der Waals surface area contributed by atoms with Crippen molar-refractivity contribution < 1.29 is 0 Å². The largest absolute Gasteiger partial charge is 0.384 e. The molecule has 0 saturated carbocycles. The van der Waals surface area contributed by atoms with Crippen molar-refractivity contribution >= 4 is 5.84 Å². The highest BCUT2D eigenvalue weighted by Crippen LogP contribution is 2.18. The van der Waals surface area contributed by atoms with Crippen LogP contribution in [0, 0.1) is 5.41 Å². The average molecular weight is 255 g/mol. The van der Waals surface area contributed by atoms with Crippen molar-refractivity contribution in [3.63, 3.8) is 0 Å². The molecule has 0 fully saturated rings. The van der Waals surface area contributed by atoms with Gasteiger partial charge in [-0.2, -0.15) is 0 Å². The van der Waals surface area contributed by atoms with Gasteiger partial charge in [-0.05, 0) is 24.1 Å². The molecule has 0 radical (unpaired) electrons. The number of benzene rings is 1. The summed E-state index contributed by atoms with van der Waals surface area (Å²) in [5.74, 6) is -0.186. The topological polar surface area (TPSA) is 71.9 Å². The van der Waals surface area contributed by atoms with E-state index in [9.17, 15) is 4.79 Å². The summed E-state index contributed by atoms with van der Waals surface area (Å²) in [5.41, 5.74) is 7.35. The highest BCUT2D eigenvalue weighted by molar-refractivity contribution is 5.94. The molecule has 0 unspecified atom stereocenters. The molecule has 1 heterocycles. The summed E-state index contributed by atoms with van der Waals surface area (Å²) in [4.78, 5) is 12.3. The second kappa shape index (κ2) is 5.52. The van der Waals surface area contributed by atoms with Gasteiger partial charge in [-0.15, -0.1) is 0 Å². The Labute approximate surface area is 112 Å². The lowest BCUT2D eigenvalue weighted by molar-refractivity contribution is 0.660. The van der Waals surface area contributed by atoms with Crippen LogP contribution in [0.1, 0.15) is 18.9 Å². The number of nitrogens with two attached hydrogens (primary N) is 1. The van der Waals surface area contributed by atoms with E-state index in [2.05, 4.69) is 0 Å². The molecule has 0 spiro atoms. The van der Waals surface area contributed by atoms with E-state index in [1.165, 1.54) is 0 Å². The van der Waals surface area contributed by atoms with Crippen molar-refractivity contribution in [3.05, 3.63) is 58.4 Å². The van der Waals surface area contributed by atoms with E-state index in [0.29, 0.717) is 6.54 Å². The predicted octanol–water partition coefficient (Wildman–Crippen LogP) is 2.21. The van der Waals surface area contributed by atoms with E-state index >= 15 is 0 Å². The van der Waals surface area contributed by atoms with Crippen molar-refractivity contribution in [3.8, 4) is 11.3 Å². The minimum absolute atomic E-state index is 0.186. The van der Waals surface area contributed by atoms with E-state index < -0.39 is 0 Å². The molecule has 2 aromatic rings. The van der Waals surface area contributed by atoms with Crippen LogP contribution in [0.5, 0.6) is 0 Å². The molecule has 4 nitrogen and oxygen atoms in total. The Balaban J connectivity index is 2.66. The first-order chi connectivity index (χ1) is 9.15. The standard InChI is InChI=1S/C15H17N3O/c1-2-10-18-13(11-6-4-3-5-7-11)9-8-12(14(16)17)15(18)19/h3-9H,2,10H2,1H3,(H3,16,17). The van der Waals surface area contributed by atoms with Crippen LogP contribution < -0.4 is 11.3 Å². The van der Waals surface area contributed by atoms with Crippen LogP contribution in [-0.4, -0.2) is 10.4 Å². The number of nitrogens with one attached hydrogen (secondary N) is 1. The molecule has 0 amide bonds. The Morgan fingerprint density at radius 2 is 1.89 bits per heavy atom. The second-order valence-corrected chi connectivity index (χ2v) is 4.37. The summed E-state index contributed by atoms with van der Waals surface area (Å²) >= 11 is 0. The zero-order chi connectivity index (χ0) is 13.8. The van der Waals surface area contributed by atoms with E-state index in [4.69, 9.17) is 11.1 Å². The lowest BCUT2D eigenvalue weighted by Crippen LogP contribution is -2.30. The van der Waals surface area contributed by atoms with E-state index in [1.807, 2.05) is 43.3 Å². The van der Waals surface area contributed by atoms with Crippen LogP contribution in [-0.2, 0) is 6.54 Å². The maximum absolute atomic E-state index is 12.3. The summed E-state index contributed by atoms with van der Waals surface area (Å²) in [7, 11) is 0. The van der Waals surface area contributed by atoms with Gasteiger partial charge in [0.05, 0.1) is 11.3 Å². The van der Waals surface area contributed by atoms with Crippen LogP contribution >= 0.6 is 0 Å². The Hall–Kier alpha value is -2.36. The maximum Gasteiger partial charge on any atom is 0.262 e. The molecule has 0 bridgehead atoms. The summed E-state index contributed by atoms with van der Waals surface area (Å²) in [6.45, 7) is 2.63. The highest BCUT2D eigenvalue weighted by Gasteiger charge is 2.11. The van der Waals surface area contributed by atoms with Gasteiger partial charge in [-0.1, -0.05) is 37.3 Å². The number of amidine groups is 1. The number of pyridine rings is 1. The van der Waals surface area contributed by atoms with Crippen LogP contribution in [0.25, 0.3) is 11.3 Å². The van der Waals surface area contributed by atoms with E-state index in [-0.39, 0.29) is 17.0 Å². The third-order valence-electron chi connectivity index (χ3n) is 2.98. The quantitative estimate of drug-likeness (QED) is 0.649. The lowest BCUT2D eigenvalue weighted by atomic mass is 10.1. The zero-order valence-corrected chi connectivity index (χ0v) is 10.9. The molecule has 0 saturated heterocycles. The fourth-order valence-electron chi connectivity index (χ4n) is 2.09. The maximum atomic E-state index is 12.3. The van der Waals surface area contributed by atoms with Gasteiger partial charge < -0.3 is 10.3 Å². The van der Waals surface area contributed by atoms with Gasteiger partial charge in [-0.3, -0.25) is 10.2 Å². The molecular weight excluding hydrogens is 238 g/mol. The van der Waals surface area contributed by atoms with Crippen molar-refractivity contribution in [2.24, 2.45) is 5.73 Å². The Kier molecular flexibility index (Phi) is 3.80. The Morgan fingerprint density at radius 1 is 1.21 bits per heavy atom. The smallest absolute Gasteiger partial charge is 0.262 e. The minimum Gasteiger partial charge on any atom is -0.384 e. The highest BCUT2D eigenvalue weighted by atomic mass is 16.1. The molecule has 4 heteroatoms. The first kappa shape index (κ1) is 13.1. The molecule has 19 heavy (non-hydrogen) atoms. The molecule has 0 aliphatic carbocycles. The molecule has 98 valence electrons. The third kappa shape index (κ3) is 2.57. The molecule has 0 aliphatic heterocycles. The molecular formula is C15H17N3O. The first-order valence-electron chi connectivity index (χ1n) is 6.28. The van der Waals surface area contributed by atoms with Gasteiger partial charge in [0.15, 0.2) is 0 Å². The second-order valence-electron chi connectivity index (χ2n) is 4.37. The number of aromatic nitrogens is 1. The molecule has 1 aromatic heterocycles. The minimum atomic E-state index is -0.198. The van der Waals surface area contributed by atoms with Gasteiger partial charge >= 0.3 is 0 Å². The molecule has 3 N–H and O–H groups in total. The van der Waals surface area contributed by atoms with Gasteiger partial charge in [0.2, 0.25) is 0 Å². The predicted molar refractivity (Wildman–Crippen MR) is 77.4 cm³/mol. The van der Waals surface area contributed by atoms with Gasteiger partial charge in [-0.25, -0.2) is 0 Å². The van der Waals surface area contributed by atoms with Crippen LogP contribution in [0.4, 0.5) is 0 Å². The lowest BCUT2D eigenvalue weighted by Gasteiger charge is -2.13. The Morgan fingerprint density at radius 3 is 2.47 bits per heavy atom. The average Bonchev–Trinajstić information content (AvgIpc) is 2.41. The van der Waals surface area contributed by atoms with Crippen molar-refractivity contribution in [1.82, 2.24) is 4.57 Å². The molecule has 0 atom stereocenters. The molecule has 1 aromatic carbocycles. The van der Waals surface area contributed by atoms with Gasteiger partial charge in [0, 0.05) is 6.54 Å². The summed E-state index contributed by atoms with van der Waals surface area (Å²) in [5, 5.41) is 7.44. The van der Waals surface area contributed by atoms with Gasteiger partial charge in [0.1, 0.15) is 5.84 Å². The van der Waals surface area contributed by atoms with E-state index in [1.54, 1.807) is 10.6 Å². The number of nitrogen functional groups attached to an aromatic ring is 1. The van der Waals surface area contributed by atoms with Crippen LogP contribution in [0.15, 0.2) is 47.3 Å². The van der Waals surface area contributed by atoms with Crippen molar-refractivity contribution in [2.75, 3.05) is 0 Å². The third-order valence-corrected chi connectivity index (χ3v) is 2.98. The number of rotatable bonds is 4.